The number of aliphatic hydroxyl groups is 1. The Morgan fingerprint density at radius 3 is 1.73 bits per heavy atom. The van der Waals surface area contributed by atoms with Crippen LogP contribution in [-0.4, -0.2) is 5.11 Å². The van der Waals surface area contributed by atoms with E-state index in [1.165, 1.54) is 0 Å². The number of aliphatic hydroxyl groups excluding tert-OH is 1. The molecule has 1 heteroatoms. The summed E-state index contributed by atoms with van der Waals surface area (Å²) in [6.07, 6.45) is 18.4. The van der Waals surface area contributed by atoms with Gasteiger partial charge in [0.15, 0.2) is 0 Å². The molecule has 0 aliphatic rings. The van der Waals surface area contributed by atoms with E-state index in [0.717, 1.165) is 16.7 Å². The summed E-state index contributed by atoms with van der Waals surface area (Å²) in [7, 11) is 0. The summed E-state index contributed by atoms with van der Waals surface area (Å²) in [6, 6.07) is 0. The van der Waals surface area contributed by atoms with Gasteiger partial charge in [0.25, 0.3) is 0 Å². The summed E-state index contributed by atoms with van der Waals surface area (Å²) < 4.78 is 0. The van der Waals surface area contributed by atoms with Gasteiger partial charge in [0.1, 0.15) is 5.76 Å². The lowest BCUT2D eigenvalue weighted by Crippen LogP contribution is -1.97. The van der Waals surface area contributed by atoms with Gasteiger partial charge in [0.2, 0.25) is 0 Å². The molecule has 0 amide bonds. The van der Waals surface area contributed by atoms with Crippen molar-refractivity contribution in [3.05, 3.63) is 109 Å². The average molecular weight is 294 g/mol. The molecule has 0 aromatic heterocycles. The van der Waals surface area contributed by atoms with Gasteiger partial charge < -0.3 is 5.11 Å². The van der Waals surface area contributed by atoms with Gasteiger partial charge in [0.05, 0.1) is 0 Å². The Morgan fingerprint density at radius 2 is 1.32 bits per heavy atom. The van der Waals surface area contributed by atoms with E-state index in [2.05, 4.69) is 19.7 Å². The Kier molecular flexibility index (Phi) is 9.87. The second-order valence-electron chi connectivity index (χ2n) is 4.42. The first-order valence-corrected chi connectivity index (χ1v) is 7.24. The van der Waals surface area contributed by atoms with Crippen molar-refractivity contribution in [3.8, 4) is 0 Å². The molecule has 116 valence electrons. The Balaban J connectivity index is 5.97. The molecule has 1 nitrogen and oxygen atoms in total. The Hall–Kier alpha value is -2.54. The van der Waals surface area contributed by atoms with Crippen LogP contribution in [0.15, 0.2) is 109 Å². The normalized spacial score (nSPS) is 14.7. The highest BCUT2D eigenvalue weighted by atomic mass is 16.3. The number of hydrogen-bond acceptors (Lipinski definition) is 1. The van der Waals surface area contributed by atoms with Gasteiger partial charge in [-0.25, -0.2) is 0 Å². The fourth-order valence-electron chi connectivity index (χ4n) is 1.83. The Morgan fingerprint density at radius 1 is 0.818 bits per heavy atom. The molecule has 0 aromatic rings. The highest BCUT2D eigenvalue weighted by molar-refractivity contribution is 5.57. The smallest absolute Gasteiger partial charge is 0.130 e. The van der Waals surface area contributed by atoms with E-state index in [9.17, 15) is 5.11 Å². The lowest BCUT2D eigenvalue weighted by Gasteiger charge is -2.12. The Labute approximate surface area is 135 Å². The van der Waals surface area contributed by atoms with Gasteiger partial charge in [-0.15, -0.1) is 0 Å². The summed E-state index contributed by atoms with van der Waals surface area (Å²) in [5.41, 5.74) is 3.04. The summed E-state index contributed by atoms with van der Waals surface area (Å²) in [4.78, 5) is 0. The fraction of sp³-hybridized carbons (Fsp3) is 0.143. The maximum Gasteiger partial charge on any atom is 0.130 e. The van der Waals surface area contributed by atoms with Crippen molar-refractivity contribution in [1.82, 2.24) is 0 Å². The molecule has 0 saturated carbocycles. The summed E-state index contributed by atoms with van der Waals surface area (Å²) in [5.74, 6) is 0.154. The van der Waals surface area contributed by atoms with Gasteiger partial charge in [-0.1, -0.05) is 80.5 Å². The van der Waals surface area contributed by atoms with E-state index in [-0.39, 0.29) is 5.76 Å². The van der Waals surface area contributed by atoms with Crippen LogP contribution >= 0.6 is 0 Å². The van der Waals surface area contributed by atoms with E-state index in [0.29, 0.717) is 5.57 Å². The number of allylic oxidation sites excluding steroid dienone is 13. The number of rotatable bonds is 8. The van der Waals surface area contributed by atoms with Crippen molar-refractivity contribution in [2.75, 3.05) is 0 Å². The van der Waals surface area contributed by atoms with Crippen molar-refractivity contribution >= 4 is 0 Å². The molecular weight excluding hydrogens is 268 g/mol. The van der Waals surface area contributed by atoms with Gasteiger partial charge in [0, 0.05) is 11.1 Å². The SMILES string of the molecule is C=C/C=C\C(=C/C)C(=C)/C(O)=C(\C=C/C)C(/C=C\C=C)=C/C. The van der Waals surface area contributed by atoms with Crippen LogP contribution in [0.3, 0.4) is 0 Å². The van der Waals surface area contributed by atoms with Crippen LogP contribution < -0.4 is 0 Å². The van der Waals surface area contributed by atoms with E-state index in [4.69, 9.17) is 0 Å². The van der Waals surface area contributed by atoms with Gasteiger partial charge >= 0.3 is 0 Å². The zero-order chi connectivity index (χ0) is 17.0. The molecule has 0 unspecified atom stereocenters. The largest absolute Gasteiger partial charge is 0.507 e. The summed E-state index contributed by atoms with van der Waals surface area (Å²) >= 11 is 0. The van der Waals surface area contributed by atoms with Crippen LogP contribution in [-0.2, 0) is 0 Å². The molecule has 0 radical (unpaired) electrons. The van der Waals surface area contributed by atoms with Crippen LogP contribution in [0.5, 0.6) is 0 Å². The third kappa shape index (κ3) is 5.84. The minimum absolute atomic E-state index is 0.154. The molecule has 0 fully saturated rings. The lowest BCUT2D eigenvalue weighted by atomic mass is 9.96. The van der Waals surface area contributed by atoms with Crippen LogP contribution in [0.4, 0.5) is 0 Å². The minimum Gasteiger partial charge on any atom is -0.507 e. The highest BCUT2D eigenvalue weighted by Gasteiger charge is 2.11. The average Bonchev–Trinajstić information content (AvgIpc) is 2.54. The predicted octanol–water partition coefficient (Wildman–Crippen LogP) is 6.31. The van der Waals surface area contributed by atoms with Crippen molar-refractivity contribution in [2.45, 2.75) is 20.8 Å². The van der Waals surface area contributed by atoms with Crippen LogP contribution in [0.25, 0.3) is 0 Å². The van der Waals surface area contributed by atoms with Crippen molar-refractivity contribution < 1.29 is 5.11 Å². The monoisotopic (exact) mass is 294 g/mol. The molecule has 0 atom stereocenters. The van der Waals surface area contributed by atoms with E-state index < -0.39 is 0 Å². The third-order valence-electron chi connectivity index (χ3n) is 2.98. The summed E-state index contributed by atoms with van der Waals surface area (Å²) in [6.45, 7) is 17.1. The van der Waals surface area contributed by atoms with Crippen molar-refractivity contribution in [2.24, 2.45) is 0 Å². The van der Waals surface area contributed by atoms with Crippen LogP contribution in [0, 0.1) is 0 Å². The molecule has 0 aromatic carbocycles. The molecule has 1 N–H and O–H groups in total. The third-order valence-corrected chi connectivity index (χ3v) is 2.98. The van der Waals surface area contributed by atoms with Gasteiger partial charge in [-0.05, 0) is 31.9 Å². The van der Waals surface area contributed by atoms with E-state index in [1.54, 1.807) is 12.2 Å². The first-order valence-electron chi connectivity index (χ1n) is 7.24. The minimum atomic E-state index is 0.154. The first kappa shape index (κ1) is 19.5. The summed E-state index contributed by atoms with van der Waals surface area (Å²) in [5, 5.41) is 10.6. The molecular formula is C21H26O. The molecule has 0 aliphatic carbocycles. The lowest BCUT2D eigenvalue weighted by molar-refractivity contribution is 0.422. The van der Waals surface area contributed by atoms with Crippen LogP contribution in [0.1, 0.15) is 20.8 Å². The molecule has 0 spiro atoms. The molecule has 0 saturated heterocycles. The molecule has 0 rings (SSSR count). The molecule has 0 heterocycles. The second kappa shape index (κ2) is 11.2. The molecule has 22 heavy (non-hydrogen) atoms. The maximum atomic E-state index is 10.6. The van der Waals surface area contributed by atoms with Crippen molar-refractivity contribution in [1.29, 1.82) is 0 Å². The Bertz CT molecular complexity index is 587. The highest BCUT2D eigenvalue weighted by Crippen LogP contribution is 2.25. The standard InChI is InChI=1S/C21H26O/c1-7-12-15-18(10-4)17(6)21(22)20(14-9-3)19(11-5)16-13-8-2/h7-16,22H,1-2,6H2,3-5H3/b14-9-,15-12-,16-13-,18-10+,19-11+,21-20-. The zero-order valence-electron chi connectivity index (χ0n) is 13.8. The van der Waals surface area contributed by atoms with Gasteiger partial charge in [-0.3, -0.25) is 0 Å². The topological polar surface area (TPSA) is 20.2 Å². The molecule has 0 bridgehead atoms. The van der Waals surface area contributed by atoms with Gasteiger partial charge in [-0.2, -0.15) is 0 Å². The number of hydrogen-bond donors (Lipinski definition) is 1. The first-order chi connectivity index (χ1) is 10.6. The van der Waals surface area contributed by atoms with Crippen LogP contribution in [0.2, 0.25) is 0 Å². The second-order valence-corrected chi connectivity index (χ2v) is 4.42. The fourth-order valence-corrected chi connectivity index (χ4v) is 1.83. The van der Waals surface area contributed by atoms with E-state index in [1.807, 2.05) is 69.4 Å². The maximum absolute atomic E-state index is 10.6. The molecule has 0 aliphatic heterocycles. The van der Waals surface area contributed by atoms with E-state index >= 15 is 0 Å². The predicted molar refractivity (Wildman–Crippen MR) is 99.8 cm³/mol. The quantitative estimate of drug-likeness (QED) is 0.411. The zero-order valence-corrected chi connectivity index (χ0v) is 13.8. The van der Waals surface area contributed by atoms with Crippen molar-refractivity contribution in [3.63, 3.8) is 0 Å².